The van der Waals surface area contributed by atoms with Gasteiger partial charge < -0.3 is 10.1 Å². The first-order valence-corrected chi connectivity index (χ1v) is 6.19. The maximum Gasteiger partial charge on any atom is 0.246 e. The van der Waals surface area contributed by atoms with Gasteiger partial charge in [0.05, 0.1) is 17.0 Å². The SMILES string of the molecule is COCC(=O)N[C@]1(C)CCS(=O)(=O)C1. The van der Waals surface area contributed by atoms with Crippen LogP contribution in [0.1, 0.15) is 13.3 Å². The van der Waals surface area contributed by atoms with Crippen molar-refractivity contribution >= 4 is 15.7 Å². The summed E-state index contributed by atoms with van der Waals surface area (Å²) in [5.41, 5.74) is -0.617. The predicted molar refractivity (Wildman–Crippen MR) is 51.7 cm³/mol. The van der Waals surface area contributed by atoms with E-state index < -0.39 is 15.4 Å². The third-order valence-electron chi connectivity index (χ3n) is 2.22. The zero-order valence-corrected chi connectivity index (χ0v) is 9.19. The molecule has 1 aliphatic heterocycles. The van der Waals surface area contributed by atoms with E-state index in [1.165, 1.54) is 7.11 Å². The van der Waals surface area contributed by atoms with Gasteiger partial charge in [0.25, 0.3) is 0 Å². The molecule has 1 N–H and O–H groups in total. The van der Waals surface area contributed by atoms with Crippen LogP contribution in [0.4, 0.5) is 0 Å². The zero-order valence-electron chi connectivity index (χ0n) is 8.37. The van der Waals surface area contributed by atoms with Crippen molar-refractivity contribution in [1.82, 2.24) is 5.32 Å². The molecule has 1 heterocycles. The summed E-state index contributed by atoms with van der Waals surface area (Å²) in [5.74, 6) is -0.0984. The molecule has 0 saturated carbocycles. The number of methoxy groups -OCH3 is 1. The minimum Gasteiger partial charge on any atom is -0.375 e. The molecule has 0 unspecified atom stereocenters. The smallest absolute Gasteiger partial charge is 0.246 e. The van der Waals surface area contributed by atoms with Crippen LogP contribution in [0.15, 0.2) is 0 Å². The van der Waals surface area contributed by atoms with Gasteiger partial charge in [-0.2, -0.15) is 0 Å². The molecule has 6 heteroatoms. The van der Waals surface area contributed by atoms with Gasteiger partial charge in [0, 0.05) is 7.11 Å². The summed E-state index contributed by atoms with van der Waals surface area (Å²) in [6, 6.07) is 0. The number of rotatable bonds is 3. The topological polar surface area (TPSA) is 72.5 Å². The van der Waals surface area contributed by atoms with E-state index in [1.54, 1.807) is 6.92 Å². The maximum atomic E-state index is 11.2. The van der Waals surface area contributed by atoms with Gasteiger partial charge in [0.2, 0.25) is 5.91 Å². The fourth-order valence-corrected chi connectivity index (χ4v) is 3.71. The average molecular weight is 221 g/mol. The van der Waals surface area contributed by atoms with E-state index >= 15 is 0 Å². The Morgan fingerprint density at radius 2 is 2.21 bits per heavy atom. The molecule has 0 aromatic carbocycles. The highest BCUT2D eigenvalue weighted by Gasteiger charge is 2.39. The van der Waals surface area contributed by atoms with Gasteiger partial charge in [-0.3, -0.25) is 4.79 Å². The van der Waals surface area contributed by atoms with Crippen LogP contribution in [0, 0.1) is 0 Å². The van der Waals surface area contributed by atoms with Gasteiger partial charge in [-0.05, 0) is 13.3 Å². The third-order valence-corrected chi connectivity index (χ3v) is 4.12. The molecule has 0 aliphatic carbocycles. The monoisotopic (exact) mass is 221 g/mol. The lowest BCUT2D eigenvalue weighted by Gasteiger charge is -2.23. The van der Waals surface area contributed by atoms with Crippen LogP contribution in [0.25, 0.3) is 0 Å². The Hall–Kier alpha value is -0.620. The summed E-state index contributed by atoms with van der Waals surface area (Å²) in [7, 11) is -1.55. The van der Waals surface area contributed by atoms with Crippen molar-refractivity contribution < 1.29 is 17.9 Å². The number of carbonyl (C=O) groups is 1. The highest BCUT2D eigenvalue weighted by Crippen LogP contribution is 2.22. The summed E-state index contributed by atoms with van der Waals surface area (Å²) < 4.78 is 27.1. The third kappa shape index (κ3) is 2.95. The van der Waals surface area contributed by atoms with E-state index in [1.807, 2.05) is 0 Å². The quantitative estimate of drug-likeness (QED) is 0.685. The van der Waals surface area contributed by atoms with Crippen molar-refractivity contribution in [2.24, 2.45) is 0 Å². The van der Waals surface area contributed by atoms with Gasteiger partial charge in [-0.15, -0.1) is 0 Å². The van der Waals surface area contributed by atoms with E-state index in [9.17, 15) is 13.2 Å². The molecule has 1 rings (SSSR count). The molecule has 14 heavy (non-hydrogen) atoms. The maximum absolute atomic E-state index is 11.2. The highest BCUT2D eigenvalue weighted by molar-refractivity contribution is 7.91. The molecule has 1 amide bonds. The molecule has 5 nitrogen and oxygen atoms in total. The van der Waals surface area contributed by atoms with Crippen LogP contribution in [-0.2, 0) is 19.4 Å². The molecule has 82 valence electrons. The number of amides is 1. The molecule has 0 radical (unpaired) electrons. The van der Waals surface area contributed by atoms with E-state index in [0.717, 1.165) is 0 Å². The van der Waals surface area contributed by atoms with Crippen molar-refractivity contribution in [2.45, 2.75) is 18.9 Å². The zero-order chi connectivity index (χ0) is 10.8. The van der Waals surface area contributed by atoms with E-state index in [0.29, 0.717) is 6.42 Å². The Bertz CT molecular complexity index is 324. The summed E-state index contributed by atoms with van der Waals surface area (Å²) in [4.78, 5) is 11.2. The molecule has 0 bridgehead atoms. The minimum absolute atomic E-state index is 0.0233. The molecule has 1 fully saturated rings. The Labute approximate surface area is 83.7 Å². The first-order valence-electron chi connectivity index (χ1n) is 4.37. The normalized spacial score (nSPS) is 30.1. The lowest BCUT2D eigenvalue weighted by molar-refractivity contribution is -0.126. The highest BCUT2D eigenvalue weighted by atomic mass is 32.2. The second-order valence-electron chi connectivity index (χ2n) is 3.88. The average Bonchev–Trinajstić information content (AvgIpc) is 2.25. The number of hydrogen-bond acceptors (Lipinski definition) is 4. The van der Waals surface area contributed by atoms with Gasteiger partial charge in [-0.1, -0.05) is 0 Å². The van der Waals surface area contributed by atoms with Crippen molar-refractivity contribution in [3.63, 3.8) is 0 Å². The van der Waals surface area contributed by atoms with Crippen molar-refractivity contribution in [3.8, 4) is 0 Å². The van der Waals surface area contributed by atoms with Crippen molar-refractivity contribution in [3.05, 3.63) is 0 Å². The fourth-order valence-electron chi connectivity index (χ4n) is 1.61. The van der Waals surface area contributed by atoms with Gasteiger partial charge >= 0.3 is 0 Å². The van der Waals surface area contributed by atoms with E-state index in [-0.39, 0.29) is 24.0 Å². The van der Waals surface area contributed by atoms with Gasteiger partial charge in [0.1, 0.15) is 6.61 Å². The summed E-state index contributed by atoms with van der Waals surface area (Å²) in [5, 5.41) is 2.67. The van der Waals surface area contributed by atoms with Crippen molar-refractivity contribution in [2.75, 3.05) is 25.2 Å². The predicted octanol–water partition coefficient (Wildman–Crippen LogP) is -0.674. The number of sulfone groups is 1. The lowest BCUT2D eigenvalue weighted by Crippen LogP contribution is -2.48. The Kier molecular flexibility index (Phi) is 3.16. The second kappa shape index (κ2) is 3.86. The number of nitrogens with one attached hydrogen (secondary N) is 1. The Morgan fingerprint density at radius 1 is 1.57 bits per heavy atom. The van der Waals surface area contributed by atoms with Crippen LogP contribution >= 0.6 is 0 Å². The van der Waals surface area contributed by atoms with Crippen LogP contribution in [0.2, 0.25) is 0 Å². The molecule has 0 spiro atoms. The van der Waals surface area contributed by atoms with Crippen LogP contribution < -0.4 is 5.32 Å². The van der Waals surface area contributed by atoms with E-state index in [4.69, 9.17) is 0 Å². The van der Waals surface area contributed by atoms with Gasteiger partial charge in [0.15, 0.2) is 9.84 Å². The molecule has 0 aromatic heterocycles. The minimum atomic E-state index is -2.97. The summed E-state index contributed by atoms with van der Waals surface area (Å²) >= 11 is 0. The number of ether oxygens (including phenoxy) is 1. The van der Waals surface area contributed by atoms with Crippen LogP contribution in [0.5, 0.6) is 0 Å². The molecule has 0 aromatic rings. The molecule has 1 atom stereocenters. The lowest BCUT2D eigenvalue weighted by atomic mass is 10.0. The van der Waals surface area contributed by atoms with Crippen molar-refractivity contribution in [1.29, 1.82) is 0 Å². The van der Waals surface area contributed by atoms with E-state index in [2.05, 4.69) is 10.1 Å². The number of hydrogen-bond donors (Lipinski definition) is 1. The first kappa shape index (κ1) is 11.5. The molecule has 1 aliphatic rings. The molecular formula is C8H15NO4S. The fraction of sp³-hybridized carbons (Fsp3) is 0.875. The van der Waals surface area contributed by atoms with Crippen LogP contribution in [-0.4, -0.2) is 45.1 Å². The molecule has 1 saturated heterocycles. The standard InChI is InChI=1S/C8H15NO4S/c1-8(9-7(10)5-13-2)3-4-14(11,12)6-8/h3-6H2,1-2H3,(H,9,10)/t8-/m1/s1. The summed E-state index contributed by atoms with van der Waals surface area (Å²) in [6.45, 7) is 1.71. The number of carbonyl (C=O) groups excluding carboxylic acids is 1. The Morgan fingerprint density at radius 3 is 2.64 bits per heavy atom. The largest absolute Gasteiger partial charge is 0.375 e. The van der Waals surface area contributed by atoms with Gasteiger partial charge in [-0.25, -0.2) is 8.42 Å². The second-order valence-corrected chi connectivity index (χ2v) is 6.07. The molecular weight excluding hydrogens is 206 g/mol. The Balaban J connectivity index is 2.57. The van der Waals surface area contributed by atoms with Crippen LogP contribution in [0.3, 0.4) is 0 Å². The summed E-state index contributed by atoms with van der Waals surface area (Å²) in [6.07, 6.45) is 0.477. The first-order chi connectivity index (χ1) is 6.37.